The number of halogens is 3. The van der Waals surface area contributed by atoms with Gasteiger partial charge in [0.15, 0.2) is 0 Å². The van der Waals surface area contributed by atoms with Gasteiger partial charge in [0.25, 0.3) is 0 Å². The van der Waals surface area contributed by atoms with Crippen LogP contribution in [0.3, 0.4) is 0 Å². The molecule has 1 aromatic heterocycles. The number of alkyl halides is 3. The Morgan fingerprint density at radius 3 is 2.62 bits per heavy atom. The van der Waals surface area contributed by atoms with E-state index in [1.165, 1.54) is 4.31 Å². The highest BCUT2D eigenvalue weighted by Gasteiger charge is 2.35. The van der Waals surface area contributed by atoms with E-state index in [2.05, 4.69) is 25.9 Å². The molecule has 2 aromatic carbocycles. The lowest BCUT2D eigenvalue weighted by Gasteiger charge is -2.24. The van der Waals surface area contributed by atoms with E-state index in [1.54, 1.807) is 50.2 Å². The molecule has 196 valence electrons. The summed E-state index contributed by atoms with van der Waals surface area (Å²) < 4.78 is 67.1. The van der Waals surface area contributed by atoms with Gasteiger partial charge >= 0.3 is 6.18 Å². The van der Waals surface area contributed by atoms with Gasteiger partial charge in [-0.2, -0.15) is 18.2 Å². The zero-order valence-corrected chi connectivity index (χ0v) is 21.1. The van der Waals surface area contributed by atoms with Crippen molar-refractivity contribution in [2.75, 3.05) is 33.1 Å². The molecule has 0 saturated heterocycles. The lowest BCUT2D eigenvalue weighted by Crippen LogP contribution is -2.30. The minimum absolute atomic E-state index is 0.0984. The van der Waals surface area contributed by atoms with Gasteiger partial charge in [-0.15, -0.1) is 0 Å². The maximum Gasteiger partial charge on any atom is 0.421 e. The van der Waals surface area contributed by atoms with Gasteiger partial charge in [-0.05, 0) is 43.2 Å². The van der Waals surface area contributed by atoms with Crippen LogP contribution in [0.1, 0.15) is 29.2 Å². The number of nitrogens with zero attached hydrogens (tertiary/aromatic N) is 3. The summed E-state index contributed by atoms with van der Waals surface area (Å²) in [6, 6.07) is 10.2. The Hall–Kier alpha value is -3.87. The number of hydrogen-bond acceptors (Lipinski definition) is 7. The average molecular weight is 535 g/mol. The molecule has 1 aliphatic rings. The molecule has 1 aliphatic heterocycles. The van der Waals surface area contributed by atoms with Crippen molar-refractivity contribution in [3.63, 3.8) is 0 Å². The fourth-order valence-electron chi connectivity index (χ4n) is 4.09. The molecule has 0 radical (unpaired) electrons. The molecule has 0 spiro atoms. The summed E-state index contributed by atoms with van der Waals surface area (Å²) in [5.74, 6) is -0.761. The molecule has 9 nitrogen and oxygen atoms in total. The fraction of sp³-hybridized carbons (Fsp3) is 0.292. The highest BCUT2D eigenvalue weighted by atomic mass is 32.2. The SMILES string of the molecule is CCN(c1cc(C)ccc1CNc1nc(Nc2cccc3c2CC(=O)N3)ncc1C(F)(F)F)S(C)(=O)=O. The normalized spacial score (nSPS) is 13.2. The number of sulfonamides is 1. The van der Waals surface area contributed by atoms with E-state index >= 15 is 0 Å². The van der Waals surface area contributed by atoms with Gasteiger partial charge in [-0.3, -0.25) is 9.10 Å². The second-order valence-corrected chi connectivity index (χ2v) is 10.5. The largest absolute Gasteiger partial charge is 0.421 e. The van der Waals surface area contributed by atoms with Crippen LogP contribution in [0, 0.1) is 6.92 Å². The summed E-state index contributed by atoms with van der Waals surface area (Å²) in [6.45, 7) is 3.50. The molecular formula is C24H25F3N6O3S. The molecule has 3 aromatic rings. The maximum atomic E-state index is 13.8. The number of carbonyl (C=O) groups is 1. The topological polar surface area (TPSA) is 116 Å². The Labute approximate surface area is 212 Å². The summed E-state index contributed by atoms with van der Waals surface area (Å²) in [5.41, 5.74) is 2.34. The quantitative estimate of drug-likeness (QED) is 0.391. The second kappa shape index (κ2) is 9.88. The molecule has 1 amide bonds. The van der Waals surface area contributed by atoms with Crippen LogP contribution in [-0.2, 0) is 34.0 Å². The van der Waals surface area contributed by atoms with Crippen molar-refractivity contribution >= 4 is 44.8 Å². The Morgan fingerprint density at radius 1 is 1.19 bits per heavy atom. The first-order valence-corrected chi connectivity index (χ1v) is 13.2. The highest BCUT2D eigenvalue weighted by molar-refractivity contribution is 7.92. The van der Waals surface area contributed by atoms with Crippen molar-refractivity contribution in [1.82, 2.24) is 9.97 Å². The number of aryl methyl sites for hydroxylation is 1. The minimum atomic E-state index is -4.73. The van der Waals surface area contributed by atoms with E-state index in [-0.39, 0.29) is 31.4 Å². The smallest absolute Gasteiger partial charge is 0.365 e. The van der Waals surface area contributed by atoms with Crippen LogP contribution in [0.15, 0.2) is 42.6 Å². The summed E-state index contributed by atoms with van der Waals surface area (Å²) in [4.78, 5) is 19.7. The molecule has 13 heteroatoms. The second-order valence-electron chi connectivity index (χ2n) is 8.55. The zero-order chi connectivity index (χ0) is 27.0. The van der Waals surface area contributed by atoms with Gasteiger partial charge < -0.3 is 16.0 Å². The van der Waals surface area contributed by atoms with Crippen LogP contribution >= 0.6 is 0 Å². The molecule has 0 fully saturated rings. The first-order valence-electron chi connectivity index (χ1n) is 11.3. The summed E-state index contributed by atoms with van der Waals surface area (Å²) in [5, 5.41) is 8.32. The van der Waals surface area contributed by atoms with Crippen LogP contribution in [0.4, 0.5) is 42.0 Å². The Balaban J connectivity index is 1.67. The van der Waals surface area contributed by atoms with Gasteiger partial charge in [-0.1, -0.05) is 18.2 Å². The van der Waals surface area contributed by atoms with Crippen molar-refractivity contribution in [1.29, 1.82) is 0 Å². The predicted octanol–water partition coefficient (Wildman–Crippen LogP) is 4.44. The van der Waals surface area contributed by atoms with Gasteiger partial charge in [0.05, 0.1) is 18.4 Å². The van der Waals surface area contributed by atoms with Crippen LogP contribution in [0.25, 0.3) is 0 Å². The van der Waals surface area contributed by atoms with E-state index in [4.69, 9.17) is 0 Å². The molecule has 0 saturated carbocycles. The number of carbonyl (C=O) groups excluding carboxylic acids is 1. The lowest BCUT2D eigenvalue weighted by atomic mass is 10.1. The Kier molecular flexibility index (Phi) is 7.00. The third-order valence-electron chi connectivity index (χ3n) is 5.77. The molecular weight excluding hydrogens is 509 g/mol. The van der Waals surface area contributed by atoms with Gasteiger partial charge in [-0.25, -0.2) is 13.4 Å². The van der Waals surface area contributed by atoms with Crippen LogP contribution in [-0.4, -0.2) is 37.1 Å². The number of anilines is 5. The molecule has 3 N–H and O–H groups in total. The Morgan fingerprint density at radius 2 is 1.95 bits per heavy atom. The molecule has 2 heterocycles. The molecule has 0 unspecified atom stereocenters. The van der Waals surface area contributed by atoms with Gasteiger partial charge in [0.1, 0.15) is 11.4 Å². The summed E-state index contributed by atoms with van der Waals surface area (Å²) in [6.07, 6.45) is -2.86. The predicted molar refractivity (Wildman–Crippen MR) is 135 cm³/mol. The monoisotopic (exact) mass is 534 g/mol. The highest BCUT2D eigenvalue weighted by Crippen LogP contribution is 2.36. The number of benzene rings is 2. The molecule has 37 heavy (non-hydrogen) atoms. The first kappa shape index (κ1) is 26.2. The van der Waals surface area contributed by atoms with E-state index in [1.807, 2.05) is 0 Å². The van der Waals surface area contributed by atoms with Crippen LogP contribution in [0.5, 0.6) is 0 Å². The van der Waals surface area contributed by atoms with Gasteiger partial charge in [0.2, 0.25) is 21.9 Å². The van der Waals surface area contributed by atoms with E-state index < -0.39 is 27.6 Å². The minimum Gasteiger partial charge on any atom is -0.365 e. The molecule has 0 aliphatic carbocycles. The van der Waals surface area contributed by atoms with E-state index in [9.17, 15) is 26.4 Å². The maximum absolute atomic E-state index is 13.8. The number of hydrogen-bond donors (Lipinski definition) is 3. The fourth-order valence-corrected chi connectivity index (χ4v) is 5.09. The zero-order valence-electron chi connectivity index (χ0n) is 20.3. The number of amides is 1. The van der Waals surface area contributed by atoms with Gasteiger partial charge in [0, 0.05) is 36.2 Å². The van der Waals surface area contributed by atoms with E-state index in [0.717, 1.165) is 11.8 Å². The van der Waals surface area contributed by atoms with Crippen molar-refractivity contribution in [3.05, 3.63) is 64.8 Å². The Bertz CT molecular complexity index is 1460. The van der Waals surface area contributed by atoms with Crippen molar-refractivity contribution < 1.29 is 26.4 Å². The molecule has 0 atom stereocenters. The van der Waals surface area contributed by atoms with Crippen molar-refractivity contribution in [2.24, 2.45) is 0 Å². The molecule has 4 rings (SSSR count). The van der Waals surface area contributed by atoms with Crippen LogP contribution in [0.2, 0.25) is 0 Å². The molecule has 0 bridgehead atoms. The third-order valence-corrected chi connectivity index (χ3v) is 7.03. The average Bonchev–Trinajstić information content (AvgIpc) is 3.19. The van der Waals surface area contributed by atoms with E-state index in [0.29, 0.717) is 34.4 Å². The van der Waals surface area contributed by atoms with Crippen molar-refractivity contribution in [3.8, 4) is 0 Å². The third kappa shape index (κ3) is 5.77. The first-order chi connectivity index (χ1) is 17.4. The number of fused-ring (bicyclic) bond motifs is 1. The van der Waals surface area contributed by atoms with Crippen LogP contribution < -0.4 is 20.3 Å². The lowest BCUT2D eigenvalue weighted by molar-refractivity contribution is -0.137. The number of aromatic nitrogens is 2. The number of rotatable bonds is 8. The summed E-state index contributed by atoms with van der Waals surface area (Å²) >= 11 is 0. The number of nitrogens with one attached hydrogen (secondary N) is 3. The summed E-state index contributed by atoms with van der Waals surface area (Å²) in [7, 11) is -3.61. The van der Waals surface area contributed by atoms with Crippen molar-refractivity contribution in [2.45, 2.75) is 33.0 Å². The standard InChI is InChI=1S/C24H25F3N6O3S/c1-4-33(37(3,35)36)20-10-14(2)8-9-15(20)12-28-22-17(24(25,26)27)13-29-23(32-22)31-19-7-5-6-18-16(19)11-21(34)30-18/h5-10,13H,4,11-12H2,1-3H3,(H,30,34)(H2,28,29,31,32).